The summed E-state index contributed by atoms with van der Waals surface area (Å²) in [5, 5.41) is 11.8. The van der Waals surface area contributed by atoms with Crippen LogP contribution in [0.1, 0.15) is 5.56 Å². The number of hydrogen-bond acceptors (Lipinski definition) is 3. The third-order valence-electron chi connectivity index (χ3n) is 1.74. The summed E-state index contributed by atoms with van der Waals surface area (Å²) >= 11 is 0. The molecule has 0 radical (unpaired) electrons. The number of aliphatic hydroxyl groups is 1. The van der Waals surface area contributed by atoms with Gasteiger partial charge < -0.3 is 15.2 Å². The van der Waals surface area contributed by atoms with E-state index in [0.29, 0.717) is 13.2 Å². The SMILES string of the molecule is COCc1ccccc1NCCO. The van der Waals surface area contributed by atoms with Crippen molar-refractivity contribution in [1.82, 2.24) is 0 Å². The van der Waals surface area contributed by atoms with E-state index in [0.717, 1.165) is 11.3 Å². The smallest absolute Gasteiger partial charge is 0.0733 e. The van der Waals surface area contributed by atoms with Crippen LogP contribution in [0.3, 0.4) is 0 Å². The largest absolute Gasteiger partial charge is 0.395 e. The molecular weight excluding hydrogens is 166 g/mol. The van der Waals surface area contributed by atoms with Crippen molar-refractivity contribution in [2.45, 2.75) is 6.61 Å². The van der Waals surface area contributed by atoms with Gasteiger partial charge in [-0.3, -0.25) is 0 Å². The van der Waals surface area contributed by atoms with E-state index in [1.807, 2.05) is 24.3 Å². The lowest BCUT2D eigenvalue weighted by Gasteiger charge is -2.09. The summed E-state index contributed by atoms with van der Waals surface area (Å²) in [6, 6.07) is 7.91. The first-order valence-corrected chi connectivity index (χ1v) is 4.30. The first-order chi connectivity index (χ1) is 6.38. The Bertz CT molecular complexity index is 250. The van der Waals surface area contributed by atoms with Gasteiger partial charge in [0, 0.05) is 24.9 Å². The normalized spacial score (nSPS) is 10.0. The molecule has 0 saturated carbocycles. The Kier molecular flexibility index (Phi) is 4.29. The third kappa shape index (κ3) is 3.05. The summed E-state index contributed by atoms with van der Waals surface area (Å²) in [7, 11) is 1.67. The zero-order valence-corrected chi connectivity index (χ0v) is 7.79. The highest BCUT2D eigenvalue weighted by atomic mass is 16.5. The Morgan fingerprint density at radius 2 is 2.15 bits per heavy atom. The first kappa shape index (κ1) is 10.0. The standard InChI is InChI=1S/C10H15NO2/c1-13-8-9-4-2-3-5-10(9)11-6-7-12/h2-5,11-12H,6-8H2,1H3. The molecule has 0 bridgehead atoms. The number of hydrogen-bond donors (Lipinski definition) is 2. The minimum Gasteiger partial charge on any atom is -0.395 e. The van der Waals surface area contributed by atoms with Crippen molar-refractivity contribution in [2.24, 2.45) is 0 Å². The second-order valence-electron chi connectivity index (χ2n) is 2.74. The zero-order chi connectivity index (χ0) is 9.52. The van der Waals surface area contributed by atoms with Gasteiger partial charge in [0.05, 0.1) is 13.2 Å². The van der Waals surface area contributed by atoms with Crippen LogP contribution in [-0.4, -0.2) is 25.4 Å². The van der Waals surface area contributed by atoms with E-state index in [4.69, 9.17) is 9.84 Å². The molecule has 2 N–H and O–H groups in total. The van der Waals surface area contributed by atoms with Gasteiger partial charge in [-0.15, -0.1) is 0 Å². The quantitative estimate of drug-likeness (QED) is 0.718. The summed E-state index contributed by atoms with van der Waals surface area (Å²) in [5.41, 5.74) is 2.14. The molecule has 1 aromatic rings. The fourth-order valence-corrected chi connectivity index (χ4v) is 1.16. The van der Waals surface area contributed by atoms with Crippen LogP contribution in [-0.2, 0) is 11.3 Å². The molecule has 13 heavy (non-hydrogen) atoms. The van der Waals surface area contributed by atoms with Crippen molar-refractivity contribution < 1.29 is 9.84 Å². The maximum atomic E-state index is 8.65. The second kappa shape index (κ2) is 5.56. The van der Waals surface area contributed by atoms with Crippen molar-refractivity contribution in [1.29, 1.82) is 0 Å². The number of nitrogens with one attached hydrogen (secondary N) is 1. The molecule has 0 spiro atoms. The number of methoxy groups -OCH3 is 1. The lowest BCUT2D eigenvalue weighted by molar-refractivity contribution is 0.185. The number of ether oxygens (including phenoxy) is 1. The predicted octanol–water partition coefficient (Wildman–Crippen LogP) is 1.24. The van der Waals surface area contributed by atoms with E-state index in [1.54, 1.807) is 7.11 Å². The van der Waals surface area contributed by atoms with Crippen LogP contribution in [0, 0.1) is 0 Å². The van der Waals surface area contributed by atoms with Crippen LogP contribution < -0.4 is 5.32 Å². The van der Waals surface area contributed by atoms with Crippen molar-refractivity contribution in [3.05, 3.63) is 29.8 Å². The summed E-state index contributed by atoms with van der Waals surface area (Å²) in [4.78, 5) is 0. The number of para-hydroxylation sites is 1. The van der Waals surface area contributed by atoms with Crippen LogP contribution in [0.2, 0.25) is 0 Å². The van der Waals surface area contributed by atoms with Crippen LogP contribution in [0.15, 0.2) is 24.3 Å². The van der Waals surface area contributed by atoms with E-state index in [9.17, 15) is 0 Å². The molecule has 0 aliphatic heterocycles. The van der Waals surface area contributed by atoms with Crippen LogP contribution >= 0.6 is 0 Å². The van der Waals surface area contributed by atoms with Gasteiger partial charge in [0.1, 0.15) is 0 Å². The zero-order valence-electron chi connectivity index (χ0n) is 7.79. The Morgan fingerprint density at radius 1 is 1.38 bits per heavy atom. The number of benzene rings is 1. The van der Waals surface area contributed by atoms with Gasteiger partial charge in [0.25, 0.3) is 0 Å². The van der Waals surface area contributed by atoms with Crippen LogP contribution in [0.5, 0.6) is 0 Å². The van der Waals surface area contributed by atoms with Crippen molar-refractivity contribution in [2.75, 3.05) is 25.6 Å². The first-order valence-electron chi connectivity index (χ1n) is 4.30. The fourth-order valence-electron chi connectivity index (χ4n) is 1.16. The molecule has 72 valence electrons. The molecule has 0 amide bonds. The van der Waals surface area contributed by atoms with E-state index >= 15 is 0 Å². The molecule has 0 atom stereocenters. The maximum absolute atomic E-state index is 8.65. The number of aliphatic hydroxyl groups excluding tert-OH is 1. The molecule has 0 aliphatic rings. The highest BCUT2D eigenvalue weighted by molar-refractivity contribution is 5.50. The summed E-state index contributed by atoms with van der Waals surface area (Å²) in [6.45, 7) is 1.30. The van der Waals surface area contributed by atoms with Gasteiger partial charge in [-0.2, -0.15) is 0 Å². The molecule has 1 aromatic carbocycles. The minimum absolute atomic E-state index is 0.140. The summed E-state index contributed by atoms with van der Waals surface area (Å²) in [6.07, 6.45) is 0. The van der Waals surface area contributed by atoms with E-state index in [2.05, 4.69) is 5.32 Å². The van der Waals surface area contributed by atoms with Crippen molar-refractivity contribution in [3.63, 3.8) is 0 Å². The van der Waals surface area contributed by atoms with E-state index < -0.39 is 0 Å². The van der Waals surface area contributed by atoms with Crippen molar-refractivity contribution in [3.8, 4) is 0 Å². The average molecular weight is 181 g/mol. The topological polar surface area (TPSA) is 41.5 Å². The highest BCUT2D eigenvalue weighted by Crippen LogP contribution is 2.14. The molecule has 0 saturated heterocycles. The van der Waals surface area contributed by atoms with Gasteiger partial charge >= 0.3 is 0 Å². The molecule has 3 heteroatoms. The molecule has 3 nitrogen and oxygen atoms in total. The predicted molar refractivity (Wildman–Crippen MR) is 52.7 cm³/mol. The maximum Gasteiger partial charge on any atom is 0.0733 e. The van der Waals surface area contributed by atoms with E-state index in [1.165, 1.54) is 0 Å². The van der Waals surface area contributed by atoms with Crippen LogP contribution in [0.25, 0.3) is 0 Å². The summed E-state index contributed by atoms with van der Waals surface area (Å²) < 4.78 is 5.05. The highest BCUT2D eigenvalue weighted by Gasteiger charge is 1.98. The molecule has 0 aliphatic carbocycles. The molecule has 0 heterocycles. The summed E-state index contributed by atoms with van der Waals surface area (Å²) in [5.74, 6) is 0. The molecule has 1 rings (SSSR count). The Balaban J connectivity index is 2.66. The lowest BCUT2D eigenvalue weighted by Crippen LogP contribution is -2.07. The fraction of sp³-hybridized carbons (Fsp3) is 0.400. The van der Waals surface area contributed by atoms with Gasteiger partial charge in [0.2, 0.25) is 0 Å². The molecule has 0 unspecified atom stereocenters. The second-order valence-corrected chi connectivity index (χ2v) is 2.74. The van der Waals surface area contributed by atoms with Crippen LogP contribution in [0.4, 0.5) is 5.69 Å². The number of anilines is 1. The molecular formula is C10H15NO2. The van der Waals surface area contributed by atoms with Gasteiger partial charge in [-0.05, 0) is 6.07 Å². The average Bonchev–Trinajstić information content (AvgIpc) is 2.17. The van der Waals surface area contributed by atoms with Gasteiger partial charge in [-0.25, -0.2) is 0 Å². The van der Waals surface area contributed by atoms with Gasteiger partial charge in [-0.1, -0.05) is 18.2 Å². The van der Waals surface area contributed by atoms with E-state index in [-0.39, 0.29) is 6.61 Å². The van der Waals surface area contributed by atoms with Gasteiger partial charge in [0.15, 0.2) is 0 Å². The Morgan fingerprint density at radius 3 is 2.85 bits per heavy atom. The Labute approximate surface area is 78.3 Å². The van der Waals surface area contributed by atoms with Crippen molar-refractivity contribution >= 4 is 5.69 Å². The monoisotopic (exact) mass is 181 g/mol. The molecule has 0 aromatic heterocycles. The number of rotatable bonds is 5. The third-order valence-corrected chi connectivity index (χ3v) is 1.74. The molecule has 0 fully saturated rings. The Hall–Kier alpha value is -1.06. The minimum atomic E-state index is 0.140. The lowest BCUT2D eigenvalue weighted by atomic mass is 10.2.